The fraction of sp³-hybridized carbons (Fsp3) is 0.765. The van der Waals surface area contributed by atoms with Gasteiger partial charge in [0.1, 0.15) is 0 Å². The third kappa shape index (κ3) is 6.07. The number of hydrogen-bond donors (Lipinski definition) is 1. The number of hydrogen-bond acceptors (Lipinski definition) is 4. The predicted molar refractivity (Wildman–Crippen MR) is 90.9 cm³/mol. The number of nitrogens with zero attached hydrogens (tertiary/aromatic N) is 1. The van der Waals surface area contributed by atoms with Gasteiger partial charge in [0.05, 0.1) is 6.10 Å². The molecule has 1 fully saturated rings. The van der Waals surface area contributed by atoms with Crippen molar-refractivity contribution in [2.75, 3.05) is 26.2 Å². The van der Waals surface area contributed by atoms with Crippen LogP contribution in [-0.4, -0.2) is 37.2 Å². The minimum atomic E-state index is 0.448. The second-order valence-corrected chi connectivity index (χ2v) is 7.17. The van der Waals surface area contributed by atoms with Crippen LogP contribution in [0.1, 0.15) is 49.3 Å². The van der Waals surface area contributed by atoms with Gasteiger partial charge in [0.25, 0.3) is 0 Å². The van der Waals surface area contributed by atoms with Crippen LogP contribution in [0, 0.1) is 0 Å². The second kappa shape index (κ2) is 9.57. The number of likely N-dealkylation sites (tertiary alicyclic amines) is 1. The molecule has 1 aliphatic heterocycles. The molecule has 0 aromatic carbocycles. The van der Waals surface area contributed by atoms with Crippen LogP contribution >= 0.6 is 11.3 Å². The zero-order valence-electron chi connectivity index (χ0n) is 13.6. The molecule has 0 spiro atoms. The van der Waals surface area contributed by atoms with Crippen LogP contribution in [0.5, 0.6) is 0 Å². The van der Waals surface area contributed by atoms with Gasteiger partial charge in [-0.05, 0) is 50.9 Å². The molecule has 1 N–H and O–H groups in total. The third-order valence-electron chi connectivity index (χ3n) is 3.84. The fourth-order valence-corrected chi connectivity index (χ4v) is 3.82. The van der Waals surface area contributed by atoms with Crippen LogP contribution < -0.4 is 5.32 Å². The van der Waals surface area contributed by atoms with E-state index in [1.54, 1.807) is 0 Å². The van der Waals surface area contributed by atoms with Crippen LogP contribution in [0.25, 0.3) is 0 Å². The van der Waals surface area contributed by atoms with E-state index in [4.69, 9.17) is 4.74 Å². The van der Waals surface area contributed by atoms with Crippen molar-refractivity contribution in [1.29, 1.82) is 0 Å². The van der Waals surface area contributed by atoms with Crippen LogP contribution in [-0.2, 0) is 17.8 Å². The van der Waals surface area contributed by atoms with Crippen molar-refractivity contribution in [3.8, 4) is 0 Å². The largest absolute Gasteiger partial charge is 0.377 e. The molecule has 4 heteroatoms. The van der Waals surface area contributed by atoms with E-state index >= 15 is 0 Å². The number of thiophene rings is 1. The summed E-state index contributed by atoms with van der Waals surface area (Å²) in [5.41, 5.74) is 0. The molecule has 1 saturated heterocycles. The molecule has 1 unspecified atom stereocenters. The Balaban J connectivity index is 1.75. The standard InChI is InChI=1S/C17H30N2OS/c1-3-9-18-12-16-7-8-17(21-16)14-19-10-5-6-15(13-19)20-11-4-2/h7-8,15,18H,3-6,9-14H2,1-2H3. The lowest BCUT2D eigenvalue weighted by Crippen LogP contribution is -2.39. The first-order chi connectivity index (χ1) is 10.3. The van der Waals surface area contributed by atoms with Crippen molar-refractivity contribution in [3.63, 3.8) is 0 Å². The summed E-state index contributed by atoms with van der Waals surface area (Å²) in [6.45, 7) is 10.8. The van der Waals surface area contributed by atoms with Gasteiger partial charge in [-0.3, -0.25) is 4.90 Å². The van der Waals surface area contributed by atoms with Gasteiger partial charge in [-0.15, -0.1) is 11.3 Å². The van der Waals surface area contributed by atoms with Gasteiger partial charge in [0.15, 0.2) is 0 Å². The van der Waals surface area contributed by atoms with Gasteiger partial charge in [0.2, 0.25) is 0 Å². The first-order valence-electron chi connectivity index (χ1n) is 8.44. The van der Waals surface area contributed by atoms with Crippen molar-refractivity contribution in [3.05, 3.63) is 21.9 Å². The van der Waals surface area contributed by atoms with Crippen LogP contribution in [0.2, 0.25) is 0 Å². The van der Waals surface area contributed by atoms with E-state index in [0.29, 0.717) is 6.10 Å². The van der Waals surface area contributed by atoms with E-state index < -0.39 is 0 Å². The Morgan fingerprint density at radius 1 is 1.29 bits per heavy atom. The van der Waals surface area contributed by atoms with Crippen molar-refractivity contribution in [1.82, 2.24) is 10.2 Å². The predicted octanol–water partition coefficient (Wildman–Crippen LogP) is 3.64. The molecule has 1 aromatic heterocycles. The molecule has 21 heavy (non-hydrogen) atoms. The zero-order chi connectivity index (χ0) is 14.9. The van der Waals surface area contributed by atoms with E-state index in [0.717, 1.165) is 39.2 Å². The maximum Gasteiger partial charge on any atom is 0.0702 e. The summed E-state index contributed by atoms with van der Waals surface area (Å²) in [6, 6.07) is 4.57. The molecular weight excluding hydrogens is 280 g/mol. The molecule has 1 atom stereocenters. The summed E-state index contributed by atoms with van der Waals surface area (Å²) >= 11 is 1.95. The minimum Gasteiger partial charge on any atom is -0.377 e. The normalized spacial score (nSPS) is 20.0. The molecule has 1 aromatic rings. The number of ether oxygens (including phenoxy) is 1. The molecule has 0 amide bonds. The molecule has 0 saturated carbocycles. The van der Waals surface area contributed by atoms with E-state index in [1.165, 1.54) is 35.6 Å². The first kappa shape index (κ1) is 16.9. The highest BCUT2D eigenvalue weighted by Gasteiger charge is 2.20. The fourth-order valence-electron chi connectivity index (χ4n) is 2.79. The van der Waals surface area contributed by atoms with Crippen LogP contribution in [0.15, 0.2) is 12.1 Å². The molecule has 0 bridgehead atoms. The second-order valence-electron chi connectivity index (χ2n) is 5.91. The first-order valence-corrected chi connectivity index (χ1v) is 9.25. The summed E-state index contributed by atoms with van der Waals surface area (Å²) in [5.74, 6) is 0. The van der Waals surface area contributed by atoms with E-state index in [9.17, 15) is 0 Å². The van der Waals surface area contributed by atoms with E-state index in [2.05, 4.69) is 36.2 Å². The molecular formula is C17H30N2OS. The van der Waals surface area contributed by atoms with Gasteiger partial charge in [-0.25, -0.2) is 0 Å². The average Bonchev–Trinajstić information content (AvgIpc) is 2.93. The van der Waals surface area contributed by atoms with Gasteiger partial charge in [-0.1, -0.05) is 13.8 Å². The smallest absolute Gasteiger partial charge is 0.0702 e. The maximum absolute atomic E-state index is 5.92. The monoisotopic (exact) mass is 310 g/mol. The van der Waals surface area contributed by atoms with Gasteiger partial charge in [0, 0.05) is 36.0 Å². The molecule has 3 nitrogen and oxygen atoms in total. The highest BCUT2D eigenvalue weighted by Crippen LogP contribution is 2.21. The Morgan fingerprint density at radius 2 is 2.14 bits per heavy atom. The topological polar surface area (TPSA) is 24.5 Å². The third-order valence-corrected chi connectivity index (χ3v) is 4.91. The Morgan fingerprint density at radius 3 is 2.95 bits per heavy atom. The van der Waals surface area contributed by atoms with Gasteiger partial charge in [-0.2, -0.15) is 0 Å². The Hall–Kier alpha value is -0.420. The minimum absolute atomic E-state index is 0.448. The average molecular weight is 311 g/mol. The van der Waals surface area contributed by atoms with Crippen molar-refractivity contribution in [2.45, 2.75) is 58.7 Å². The Bertz CT molecular complexity index is 394. The summed E-state index contributed by atoms with van der Waals surface area (Å²) in [5, 5.41) is 3.48. The summed E-state index contributed by atoms with van der Waals surface area (Å²) in [6.07, 6.45) is 5.27. The number of rotatable bonds is 9. The van der Waals surface area contributed by atoms with Crippen molar-refractivity contribution >= 4 is 11.3 Å². The molecule has 2 rings (SSSR count). The summed E-state index contributed by atoms with van der Waals surface area (Å²) in [4.78, 5) is 5.49. The SMILES string of the molecule is CCCNCc1ccc(CN2CCCC(OCCC)C2)s1. The summed E-state index contributed by atoms with van der Waals surface area (Å²) < 4.78 is 5.92. The lowest BCUT2D eigenvalue weighted by atomic mass is 10.1. The highest BCUT2D eigenvalue weighted by molar-refractivity contribution is 7.11. The quantitative estimate of drug-likeness (QED) is 0.705. The van der Waals surface area contributed by atoms with Crippen molar-refractivity contribution < 1.29 is 4.74 Å². The molecule has 2 heterocycles. The molecule has 0 aliphatic carbocycles. The van der Waals surface area contributed by atoms with E-state index in [-0.39, 0.29) is 0 Å². The van der Waals surface area contributed by atoms with Gasteiger partial charge < -0.3 is 10.1 Å². The van der Waals surface area contributed by atoms with Crippen LogP contribution in [0.4, 0.5) is 0 Å². The lowest BCUT2D eigenvalue weighted by Gasteiger charge is -2.32. The Kier molecular flexibility index (Phi) is 7.72. The van der Waals surface area contributed by atoms with E-state index in [1.807, 2.05) is 11.3 Å². The summed E-state index contributed by atoms with van der Waals surface area (Å²) in [7, 11) is 0. The molecule has 0 radical (unpaired) electrons. The number of piperidine rings is 1. The molecule has 120 valence electrons. The highest BCUT2D eigenvalue weighted by atomic mass is 32.1. The molecule has 1 aliphatic rings. The lowest BCUT2D eigenvalue weighted by molar-refractivity contribution is -0.00197. The van der Waals surface area contributed by atoms with Crippen molar-refractivity contribution in [2.24, 2.45) is 0 Å². The van der Waals surface area contributed by atoms with Gasteiger partial charge >= 0.3 is 0 Å². The Labute approximate surface area is 133 Å². The number of nitrogens with one attached hydrogen (secondary N) is 1. The maximum atomic E-state index is 5.92. The van der Waals surface area contributed by atoms with Crippen LogP contribution in [0.3, 0.4) is 0 Å². The zero-order valence-corrected chi connectivity index (χ0v) is 14.4.